The van der Waals surface area contributed by atoms with Crippen LogP contribution in [-0.4, -0.2) is 26.9 Å². The molecule has 1 aromatic heterocycles. The molecule has 0 fully saturated rings. The van der Waals surface area contributed by atoms with Crippen molar-refractivity contribution in [1.82, 2.24) is 0 Å². The molecule has 2 N–H and O–H groups in total. The fraction of sp³-hybridized carbons (Fsp3) is 0.250. The second kappa shape index (κ2) is 10.2. The van der Waals surface area contributed by atoms with Crippen LogP contribution < -0.4 is 10.0 Å². The van der Waals surface area contributed by atoms with Crippen LogP contribution in [0.25, 0.3) is 0 Å². The fourth-order valence-electron chi connectivity index (χ4n) is 3.78. The van der Waals surface area contributed by atoms with Crippen molar-refractivity contribution >= 4 is 55.5 Å². The minimum absolute atomic E-state index is 0.0637. The summed E-state index contributed by atoms with van der Waals surface area (Å²) in [4.78, 5) is 26.7. The summed E-state index contributed by atoms with van der Waals surface area (Å²) in [6, 6.07) is 12.0. The van der Waals surface area contributed by atoms with E-state index in [1.807, 2.05) is 0 Å². The van der Waals surface area contributed by atoms with Crippen LogP contribution in [0.2, 0.25) is 5.02 Å². The Kier molecular flexibility index (Phi) is 7.25. The highest BCUT2D eigenvalue weighted by molar-refractivity contribution is 7.92. The van der Waals surface area contributed by atoms with E-state index >= 15 is 0 Å². The van der Waals surface area contributed by atoms with Gasteiger partial charge in [-0.3, -0.25) is 9.52 Å². The van der Waals surface area contributed by atoms with Crippen LogP contribution in [0.15, 0.2) is 53.4 Å². The normalized spacial score (nSPS) is 13.1. The van der Waals surface area contributed by atoms with Crippen LogP contribution in [0.5, 0.6) is 0 Å². The lowest BCUT2D eigenvalue weighted by Gasteiger charge is -2.12. The Labute approximate surface area is 207 Å². The molecule has 4 rings (SSSR count). The van der Waals surface area contributed by atoms with E-state index in [1.165, 1.54) is 35.6 Å². The summed E-state index contributed by atoms with van der Waals surface area (Å²) in [7, 11) is -3.93. The van der Waals surface area contributed by atoms with Gasteiger partial charge in [-0.15, -0.1) is 11.3 Å². The smallest absolute Gasteiger partial charge is 0.341 e. The average molecular weight is 519 g/mol. The second-order valence-corrected chi connectivity index (χ2v) is 11.0. The van der Waals surface area contributed by atoms with E-state index in [9.17, 15) is 18.0 Å². The predicted molar refractivity (Wildman–Crippen MR) is 134 cm³/mol. The van der Waals surface area contributed by atoms with Gasteiger partial charge in [-0.05, 0) is 80.6 Å². The Hall–Kier alpha value is -2.88. The highest BCUT2D eigenvalue weighted by Gasteiger charge is 2.27. The number of hydrogen-bond acceptors (Lipinski definition) is 6. The molecule has 1 amide bonds. The summed E-state index contributed by atoms with van der Waals surface area (Å²) in [5, 5.41) is 3.73. The molecule has 178 valence electrons. The Morgan fingerprint density at radius 2 is 1.82 bits per heavy atom. The summed E-state index contributed by atoms with van der Waals surface area (Å²) < 4.78 is 33.4. The van der Waals surface area contributed by atoms with Crippen molar-refractivity contribution in [2.24, 2.45) is 0 Å². The molecule has 34 heavy (non-hydrogen) atoms. The summed E-state index contributed by atoms with van der Waals surface area (Å²) in [6.07, 6.45) is 3.63. The predicted octanol–water partition coefficient (Wildman–Crippen LogP) is 5.51. The van der Waals surface area contributed by atoms with E-state index in [4.69, 9.17) is 16.3 Å². The number of benzene rings is 2. The molecular formula is C24H23ClN2O5S2. The third-order valence-corrected chi connectivity index (χ3v) is 8.22. The first-order chi connectivity index (χ1) is 16.3. The molecular weight excluding hydrogens is 496 g/mol. The minimum Gasteiger partial charge on any atom is -0.462 e. The van der Waals surface area contributed by atoms with Crippen molar-refractivity contribution in [2.75, 3.05) is 16.6 Å². The van der Waals surface area contributed by atoms with Crippen LogP contribution in [0.1, 0.15) is 50.9 Å². The van der Waals surface area contributed by atoms with Crippen molar-refractivity contribution in [2.45, 2.75) is 37.5 Å². The first kappa shape index (κ1) is 24.3. The number of ether oxygens (including phenoxy) is 1. The molecule has 0 saturated heterocycles. The number of aryl methyl sites for hydroxylation is 1. The lowest BCUT2D eigenvalue weighted by atomic mass is 9.95. The van der Waals surface area contributed by atoms with E-state index in [1.54, 1.807) is 31.2 Å². The highest BCUT2D eigenvalue weighted by Crippen LogP contribution is 2.39. The van der Waals surface area contributed by atoms with E-state index < -0.39 is 21.9 Å². The molecule has 0 atom stereocenters. The van der Waals surface area contributed by atoms with Crippen LogP contribution in [0.3, 0.4) is 0 Å². The Balaban J connectivity index is 1.59. The third-order valence-electron chi connectivity index (χ3n) is 5.38. The van der Waals surface area contributed by atoms with Gasteiger partial charge in [-0.1, -0.05) is 17.7 Å². The minimum atomic E-state index is -3.93. The molecule has 7 nitrogen and oxygen atoms in total. The quantitative estimate of drug-likeness (QED) is 0.401. The molecule has 1 aliphatic rings. The average Bonchev–Trinajstić information content (AvgIpc) is 3.18. The van der Waals surface area contributed by atoms with Crippen molar-refractivity contribution in [3.63, 3.8) is 0 Å². The molecule has 0 bridgehead atoms. The number of carbonyl (C=O) groups is 2. The second-order valence-electron chi connectivity index (χ2n) is 7.73. The number of amides is 1. The zero-order chi connectivity index (χ0) is 24.3. The summed E-state index contributed by atoms with van der Waals surface area (Å²) in [6.45, 7) is 1.97. The number of anilines is 2. The van der Waals surface area contributed by atoms with Gasteiger partial charge in [0.1, 0.15) is 5.00 Å². The SMILES string of the molecule is CCOC(=O)c1c(NC(=O)c2cccc(S(=O)(=O)Nc3ccc(Cl)cc3)c2)sc2c1CCCC2. The molecule has 0 spiro atoms. The van der Waals surface area contributed by atoms with Gasteiger partial charge in [-0.2, -0.15) is 0 Å². The number of carbonyl (C=O) groups excluding carboxylic acids is 2. The zero-order valence-corrected chi connectivity index (χ0v) is 20.8. The molecule has 3 aromatic rings. The summed E-state index contributed by atoms with van der Waals surface area (Å²) in [5.41, 5.74) is 1.85. The maximum absolute atomic E-state index is 13.0. The molecule has 0 unspecified atom stereocenters. The maximum Gasteiger partial charge on any atom is 0.341 e. The lowest BCUT2D eigenvalue weighted by molar-refractivity contribution is 0.0526. The molecule has 0 radical (unpaired) electrons. The molecule has 0 saturated carbocycles. The number of rotatable bonds is 7. The van der Waals surface area contributed by atoms with Gasteiger partial charge < -0.3 is 10.1 Å². The molecule has 1 heterocycles. The summed E-state index contributed by atoms with van der Waals surface area (Å²) in [5.74, 6) is -0.964. The highest BCUT2D eigenvalue weighted by atomic mass is 35.5. The third kappa shape index (κ3) is 5.27. The zero-order valence-electron chi connectivity index (χ0n) is 18.4. The van der Waals surface area contributed by atoms with E-state index in [2.05, 4.69) is 10.0 Å². The summed E-state index contributed by atoms with van der Waals surface area (Å²) >= 11 is 7.23. The van der Waals surface area contributed by atoms with Gasteiger partial charge in [0.25, 0.3) is 15.9 Å². The standard InChI is InChI=1S/C24H23ClN2O5S2/c1-2-32-24(29)21-19-8-3-4-9-20(19)33-23(21)26-22(28)15-6-5-7-18(14-15)34(30,31)27-17-12-10-16(25)11-13-17/h5-7,10-14,27H,2-4,8-9H2,1H3,(H,26,28). The van der Waals surface area contributed by atoms with Crippen molar-refractivity contribution in [3.05, 3.63) is 75.1 Å². The van der Waals surface area contributed by atoms with Crippen molar-refractivity contribution in [1.29, 1.82) is 0 Å². The molecule has 1 aliphatic carbocycles. The number of esters is 1. The molecule has 2 aromatic carbocycles. The Morgan fingerprint density at radius 1 is 1.09 bits per heavy atom. The van der Waals surface area contributed by atoms with Gasteiger partial charge in [0.15, 0.2) is 0 Å². The van der Waals surface area contributed by atoms with Gasteiger partial charge in [0.2, 0.25) is 0 Å². The maximum atomic E-state index is 13.0. The van der Waals surface area contributed by atoms with Crippen LogP contribution in [0, 0.1) is 0 Å². The fourth-order valence-corrected chi connectivity index (χ4v) is 6.29. The number of hydrogen-bond donors (Lipinski definition) is 2. The number of halogens is 1. The molecule has 0 aliphatic heterocycles. The monoisotopic (exact) mass is 518 g/mol. The number of fused-ring (bicyclic) bond motifs is 1. The Morgan fingerprint density at radius 3 is 2.56 bits per heavy atom. The topological polar surface area (TPSA) is 102 Å². The van der Waals surface area contributed by atoms with E-state index in [-0.39, 0.29) is 17.1 Å². The van der Waals surface area contributed by atoms with Gasteiger partial charge in [0, 0.05) is 21.2 Å². The first-order valence-corrected chi connectivity index (χ1v) is 13.5. The number of sulfonamides is 1. The number of thiophene rings is 1. The first-order valence-electron chi connectivity index (χ1n) is 10.8. The van der Waals surface area contributed by atoms with Crippen LogP contribution in [-0.2, 0) is 27.6 Å². The van der Waals surface area contributed by atoms with Gasteiger partial charge >= 0.3 is 5.97 Å². The Bertz CT molecular complexity index is 1330. The van der Waals surface area contributed by atoms with Crippen molar-refractivity contribution < 1.29 is 22.7 Å². The van der Waals surface area contributed by atoms with E-state index in [0.717, 1.165) is 36.1 Å². The van der Waals surface area contributed by atoms with Crippen molar-refractivity contribution in [3.8, 4) is 0 Å². The van der Waals surface area contributed by atoms with Crippen LogP contribution in [0.4, 0.5) is 10.7 Å². The van der Waals surface area contributed by atoms with Gasteiger partial charge in [-0.25, -0.2) is 13.2 Å². The largest absolute Gasteiger partial charge is 0.462 e. The van der Waals surface area contributed by atoms with E-state index in [0.29, 0.717) is 21.3 Å². The number of nitrogens with one attached hydrogen (secondary N) is 2. The van der Waals surface area contributed by atoms with Gasteiger partial charge in [0.05, 0.1) is 17.1 Å². The lowest BCUT2D eigenvalue weighted by Crippen LogP contribution is -2.17. The van der Waals surface area contributed by atoms with Crippen LogP contribution >= 0.6 is 22.9 Å². The molecule has 10 heteroatoms.